The highest BCUT2D eigenvalue weighted by atomic mass is 35.5. The number of oxime groups is 1. The van der Waals surface area contributed by atoms with E-state index in [0.717, 1.165) is 11.1 Å². The van der Waals surface area contributed by atoms with Crippen LogP contribution >= 0.6 is 11.6 Å². The zero-order valence-corrected chi connectivity index (χ0v) is 12.3. The summed E-state index contributed by atoms with van der Waals surface area (Å²) in [5, 5.41) is 12.2. The number of hydrogen-bond acceptors (Lipinski definition) is 3. The average molecular weight is 309 g/mol. The van der Waals surface area contributed by atoms with Gasteiger partial charge < -0.3 is 15.7 Å². The van der Waals surface area contributed by atoms with E-state index in [9.17, 15) is 4.39 Å². The summed E-state index contributed by atoms with van der Waals surface area (Å²) >= 11 is 5.97. The largest absolute Gasteiger partial charge is 0.456 e. The third kappa shape index (κ3) is 3.08. The highest BCUT2D eigenvalue weighted by molar-refractivity contribution is 6.30. The molecule has 0 saturated heterocycles. The van der Waals surface area contributed by atoms with Crippen molar-refractivity contribution in [2.75, 3.05) is 0 Å². The van der Waals surface area contributed by atoms with E-state index in [1.165, 1.54) is 12.1 Å². The Hall–Kier alpha value is -2.27. The van der Waals surface area contributed by atoms with Crippen LogP contribution in [-0.2, 0) is 0 Å². The van der Waals surface area contributed by atoms with Gasteiger partial charge in [0, 0.05) is 5.02 Å². The van der Waals surface area contributed by atoms with Gasteiger partial charge in [-0.3, -0.25) is 0 Å². The first-order chi connectivity index (χ1) is 9.93. The molecule has 0 unspecified atom stereocenters. The maximum Gasteiger partial charge on any atom is 0.176 e. The van der Waals surface area contributed by atoms with Crippen molar-refractivity contribution >= 4 is 17.4 Å². The molecule has 0 bridgehead atoms. The molecule has 0 saturated carbocycles. The summed E-state index contributed by atoms with van der Waals surface area (Å²) in [6.45, 7) is 3.66. The molecule has 21 heavy (non-hydrogen) atoms. The molecule has 2 aromatic carbocycles. The van der Waals surface area contributed by atoms with Gasteiger partial charge in [0.05, 0.1) is 5.56 Å². The summed E-state index contributed by atoms with van der Waals surface area (Å²) in [5.74, 6) is -0.268. The molecular weight excluding hydrogens is 295 g/mol. The van der Waals surface area contributed by atoms with Gasteiger partial charge in [0.25, 0.3) is 0 Å². The van der Waals surface area contributed by atoms with E-state index in [2.05, 4.69) is 5.16 Å². The maximum atomic E-state index is 13.9. The van der Waals surface area contributed by atoms with E-state index in [0.29, 0.717) is 10.8 Å². The summed E-state index contributed by atoms with van der Waals surface area (Å²) in [7, 11) is 0. The molecule has 2 aromatic rings. The first kappa shape index (κ1) is 15.1. The van der Waals surface area contributed by atoms with Crippen molar-refractivity contribution in [2.45, 2.75) is 13.8 Å². The van der Waals surface area contributed by atoms with Gasteiger partial charge in [0.15, 0.2) is 5.84 Å². The minimum atomic E-state index is -0.632. The molecule has 4 nitrogen and oxygen atoms in total. The molecule has 0 spiro atoms. The topological polar surface area (TPSA) is 67.8 Å². The number of rotatable bonds is 3. The predicted octanol–water partition coefficient (Wildman–Crippen LogP) is 3.98. The molecule has 110 valence electrons. The quantitative estimate of drug-likeness (QED) is 0.390. The lowest BCUT2D eigenvalue weighted by Crippen LogP contribution is -2.16. The van der Waals surface area contributed by atoms with Crippen LogP contribution in [0.5, 0.6) is 11.5 Å². The zero-order valence-electron chi connectivity index (χ0n) is 11.5. The number of ether oxygens (including phenoxy) is 1. The minimum Gasteiger partial charge on any atom is -0.456 e. The van der Waals surface area contributed by atoms with E-state index in [-0.39, 0.29) is 17.1 Å². The second-order valence-corrected chi connectivity index (χ2v) is 5.01. The summed E-state index contributed by atoms with van der Waals surface area (Å²) < 4.78 is 19.6. The SMILES string of the molecule is Cc1cc(Cl)cc(C)c1Oc1cccc(F)c1C(N)=NO. The number of hydrogen-bond donors (Lipinski definition) is 2. The number of aryl methyl sites for hydroxylation is 2. The predicted molar refractivity (Wildman–Crippen MR) is 79.9 cm³/mol. The fourth-order valence-electron chi connectivity index (χ4n) is 2.06. The van der Waals surface area contributed by atoms with Crippen LogP contribution in [0.2, 0.25) is 5.02 Å². The molecule has 0 radical (unpaired) electrons. The molecular formula is C15H14ClFN2O2. The zero-order chi connectivity index (χ0) is 15.6. The Balaban J connectivity index is 2.53. The fourth-order valence-corrected chi connectivity index (χ4v) is 2.38. The smallest absolute Gasteiger partial charge is 0.176 e. The standard InChI is InChI=1S/C15H14ClFN2O2/c1-8-6-10(16)7-9(2)14(8)21-12-5-3-4-11(17)13(12)15(18)19-20/h3-7,20H,1-2H3,(H2,18,19). The highest BCUT2D eigenvalue weighted by Crippen LogP contribution is 2.33. The van der Waals surface area contributed by atoms with Crippen LogP contribution in [-0.4, -0.2) is 11.0 Å². The lowest BCUT2D eigenvalue weighted by Gasteiger charge is -2.15. The highest BCUT2D eigenvalue weighted by Gasteiger charge is 2.16. The Morgan fingerprint density at radius 3 is 2.48 bits per heavy atom. The number of nitrogens with two attached hydrogens (primary N) is 1. The van der Waals surface area contributed by atoms with Gasteiger partial charge in [-0.2, -0.15) is 0 Å². The molecule has 0 aliphatic heterocycles. The molecule has 0 aliphatic carbocycles. The van der Waals surface area contributed by atoms with Gasteiger partial charge >= 0.3 is 0 Å². The lowest BCUT2D eigenvalue weighted by molar-refractivity contribution is 0.318. The van der Waals surface area contributed by atoms with Crippen LogP contribution in [0.1, 0.15) is 16.7 Å². The molecule has 0 aromatic heterocycles. The molecule has 6 heteroatoms. The Morgan fingerprint density at radius 2 is 1.90 bits per heavy atom. The Bertz CT molecular complexity index is 694. The van der Waals surface area contributed by atoms with Crippen LogP contribution in [0.25, 0.3) is 0 Å². The lowest BCUT2D eigenvalue weighted by atomic mass is 10.1. The van der Waals surface area contributed by atoms with E-state index >= 15 is 0 Å². The van der Waals surface area contributed by atoms with Crippen LogP contribution in [0.4, 0.5) is 4.39 Å². The Morgan fingerprint density at radius 1 is 1.29 bits per heavy atom. The van der Waals surface area contributed by atoms with E-state index < -0.39 is 5.82 Å². The molecule has 0 atom stereocenters. The van der Waals surface area contributed by atoms with Crippen LogP contribution in [0.3, 0.4) is 0 Å². The van der Waals surface area contributed by atoms with Crippen molar-refractivity contribution < 1.29 is 14.3 Å². The minimum absolute atomic E-state index is 0.0891. The summed E-state index contributed by atoms with van der Waals surface area (Å²) in [6, 6.07) is 7.73. The Kier molecular flexibility index (Phi) is 4.33. The monoisotopic (exact) mass is 308 g/mol. The number of amidine groups is 1. The van der Waals surface area contributed by atoms with Gasteiger partial charge in [0.2, 0.25) is 0 Å². The maximum absolute atomic E-state index is 13.9. The second kappa shape index (κ2) is 6.01. The molecule has 0 aliphatic rings. The molecule has 0 heterocycles. The van der Waals surface area contributed by atoms with Crippen molar-refractivity contribution in [1.82, 2.24) is 0 Å². The Labute approximate surface area is 126 Å². The van der Waals surface area contributed by atoms with Gasteiger partial charge in [0.1, 0.15) is 17.3 Å². The molecule has 2 rings (SSSR count). The fraction of sp³-hybridized carbons (Fsp3) is 0.133. The molecule has 0 amide bonds. The van der Waals surface area contributed by atoms with Crippen LogP contribution in [0.15, 0.2) is 35.5 Å². The van der Waals surface area contributed by atoms with Crippen molar-refractivity contribution in [3.05, 3.63) is 57.9 Å². The summed E-state index contributed by atoms with van der Waals surface area (Å²) in [4.78, 5) is 0. The van der Waals surface area contributed by atoms with Gasteiger partial charge in [-0.25, -0.2) is 4.39 Å². The number of halogens is 2. The van der Waals surface area contributed by atoms with Crippen molar-refractivity contribution in [2.24, 2.45) is 10.9 Å². The van der Waals surface area contributed by atoms with Gasteiger partial charge in [-0.15, -0.1) is 0 Å². The van der Waals surface area contributed by atoms with E-state index in [1.807, 2.05) is 13.8 Å². The molecule has 3 N–H and O–H groups in total. The van der Waals surface area contributed by atoms with Crippen molar-refractivity contribution in [1.29, 1.82) is 0 Å². The first-order valence-corrected chi connectivity index (χ1v) is 6.53. The van der Waals surface area contributed by atoms with E-state index in [4.69, 9.17) is 27.3 Å². The van der Waals surface area contributed by atoms with Crippen LogP contribution < -0.4 is 10.5 Å². The number of benzene rings is 2. The normalized spacial score (nSPS) is 11.5. The first-order valence-electron chi connectivity index (χ1n) is 6.15. The molecule has 0 fully saturated rings. The summed E-state index contributed by atoms with van der Waals surface area (Å²) in [6.07, 6.45) is 0. The average Bonchev–Trinajstić information content (AvgIpc) is 2.42. The van der Waals surface area contributed by atoms with E-state index in [1.54, 1.807) is 18.2 Å². The third-order valence-corrected chi connectivity index (χ3v) is 3.19. The van der Waals surface area contributed by atoms with Gasteiger partial charge in [-0.05, 0) is 49.2 Å². The second-order valence-electron chi connectivity index (χ2n) is 4.57. The number of nitrogens with zero attached hydrogens (tertiary/aromatic N) is 1. The van der Waals surface area contributed by atoms with Crippen molar-refractivity contribution in [3.8, 4) is 11.5 Å². The van der Waals surface area contributed by atoms with Crippen molar-refractivity contribution in [3.63, 3.8) is 0 Å². The third-order valence-electron chi connectivity index (χ3n) is 2.98. The van der Waals surface area contributed by atoms with Gasteiger partial charge in [-0.1, -0.05) is 22.8 Å². The summed E-state index contributed by atoms with van der Waals surface area (Å²) in [5.41, 5.74) is 7.02. The van der Waals surface area contributed by atoms with Crippen LogP contribution in [0, 0.1) is 19.7 Å².